The van der Waals surface area contributed by atoms with Gasteiger partial charge in [-0.2, -0.15) is 18.3 Å². The van der Waals surface area contributed by atoms with Gasteiger partial charge in [0.15, 0.2) is 5.69 Å². The summed E-state index contributed by atoms with van der Waals surface area (Å²) in [6.45, 7) is 4.60. The number of aliphatic imine (C=N–C) groups is 2. The van der Waals surface area contributed by atoms with Gasteiger partial charge in [-0.25, -0.2) is 23.4 Å². The van der Waals surface area contributed by atoms with Crippen LogP contribution in [0.25, 0.3) is 0 Å². The summed E-state index contributed by atoms with van der Waals surface area (Å²) in [5.41, 5.74) is -2.27. The Morgan fingerprint density at radius 3 is 2.32 bits per heavy atom. The van der Waals surface area contributed by atoms with Crippen LogP contribution >= 0.6 is 0 Å². The third-order valence-corrected chi connectivity index (χ3v) is 3.96. The van der Waals surface area contributed by atoms with Crippen molar-refractivity contribution in [2.45, 2.75) is 38.3 Å². The van der Waals surface area contributed by atoms with Gasteiger partial charge in [-0.05, 0) is 39.0 Å². The molecule has 0 spiro atoms. The first-order valence-electron chi connectivity index (χ1n) is 9.03. The average molecular weight is 445 g/mol. The summed E-state index contributed by atoms with van der Waals surface area (Å²) in [7, 11) is 0. The van der Waals surface area contributed by atoms with Crippen molar-refractivity contribution < 1.29 is 27.1 Å². The first-order valence-corrected chi connectivity index (χ1v) is 9.03. The molecule has 0 aliphatic carbocycles. The average Bonchev–Trinajstić information content (AvgIpc) is 3.09. The van der Waals surface area contributed by atoms with Gasteiger partial charge in [0.1, 0.15) is 11.6 Å². The van der Waals surface area contributed by atoms with E-state index in [4.69, 9.17) is 0 Å². The quantitative estimate of drug-likeness (QED) is 0.542. The molecule has 1 aliphatic rings. The maximum atomic E-state index is 13.5. The molecule has 4 N–H and O–H groups in total. The molecule has 0 fully saturated rings. The Balaban J connectivity index is 1.94. The lowest BCUT2D eigenvalue weighted by Crippen LogP contribution is -2.54. The molecule has 8 nitrogen and oxygen atoms in total. The molecule has 0 amide bonds. The van der Waals surface area contributed by atoms with Crippen LogP contribution < -0.4 is 16.0 Å². The van der Waals surface area contributed by atoms with E-state index in [2.05, 4.69) is 31.0 Å². The van der Waals surface area contributed by atoms with Crippen molar-refractivity contribution in [3.05, 3.63) is 47.8 Å². The molecule has 1 atom stereocenters. The summed E-state index contributed by atoms with van der Waals surface area (Å²) >= 11 is 0. The normalized spacial score (nSPS) is 19.5. The van der Waals surface area contributed by atoms with Crippen LogP contribution in [0, 0.1) is 11.6 Å². The van der Waals surface area contributed by atoms with Crippen molar-refractivity contribution in [3.63, 3.8) is 0 Å². The highest BCUT2D eigenvalue weighted by Gasteiger charge is 2.35. The zero-order valence-corrected chi connectivity index (χ0v) is 16.7. The minimum absolute atomic E-state index is 0.00582. The highest BCUT2D eigenvalue weighted by molar-refractivity contribution is 6.07. The number of aliphatic hydroxyl groups is 1. The van der Waals surface area contributed by atoms with Gasteiger partial charge < -0.3 is 10.4 Å². The smallest absolute Gasteiger partial charge is 0.389 e. The van der Waals surface area contributed by atoms with E-state index in [1.807, 2.05) is 0 Å². The van der Waals surface area contributed by atoms with Crippen LogP contribution in [0.4, 0.5) is 27.6 Å². The van der Waals surface area contributed by atoms with E-state index >= 15 is 0 Å². The number of nitrogens with one attached hydrogen (secondary N) is 3. The highest BCUT2D eigenvalue weighted by atomic mass is 19.4. The van der Waals surface area contributed by atoms with Crippen LogP contribution in [0.2, 0.25) is 0 Å². The fraction of sp³-hybridized carbons (Fsp3) is 0.389. The van der Waals surface area contributed by atoms with E-state index in [9.17, 15) is 27.1 Å². The number of anilines is 1. The molecular formula is C18H20F5N7O. The second-order valence-corrected chi connectivity index (χ2v) is 7.63. The van der Waals surface area contributed by atoms with Gasteiger partial charge in [-0.1, -0.05) is 0 Å². The number of alkyl halides is 3. The molecule has 1 unspecified atom stereocenters. The van der Waals surface area contributed by atoms with E-state index in [-0.39, 0.29) is 24.2 Å². The lowest BCUT2D eigenvalue weighted by Gasteiger charge is -2.32. The Hall–Kier alpha value is -3.06. The summed E-state index contributed by atoms with van der Waals surface area (Å²) in [5.74, 6) is -3.32. The summed E-state index contributed by atoms with van der Waals surface area (Å²) in [6, 6.07) is 3.48. The molecular weight excluding hydrogens is 425 g/mol. The number of halogens is 5. The maximum Gasteiger partial charge on any atom is 0.435 e. The zero-order valence-electron chi connectivity index (χ0n) is 16.7. The lowest BCUT2D eigenvalue weighted by atomic mass is 10.1. The SMILES string of the molecule is CC(C)(O)CNC1(C)N=C(Nc2cc(F)cc(F)c2)NC(n2ccc(C(F)(F)F)n2)=N1. The van der Waals surface area contributed by atoms with Gasteiger partial charge in [0.2, 0.25) is 17.7 Å². The number of rotatable bonds is 4. The Labute approximate surface area is 173 Å². The number of benzene rings is 1. The molecule has 0 saturated heterocycles. The number of nitrogens with zero attached hydrogens (tertiary/aromatic N) is 4. The molecule has 13 heteroatoms. The number of aromatic nitrogens is 2. The molecule has 2 aromatic rings. The van der Waals surface area contributed by atoms with Crippen molar-refractivity contribution in [2.24, 2.45) is 9.98 Å². The van der Waals surface area contributed by atoms with Crippen molar-refractivity contribution in [1.82, 2.24) is 20.4 Å². The Kier molecular flexibility index (Phi) is 5.76. The van der Waals surface area contributed by atoms with Crippen LogP contribution in [-0.2, 0) is 6.18 Å². The molecule has 1 aromatic carbocycles. The molecule has 0 bridgehead atoms. The zero-order chi connectivity index (χ0) is 23.0. The molecule has 1 aromatic heterocycles. The molecule has 0 saturated carbocycles. The maximum absolute atomic E-state index is 13.5. The minimum Gasteiger partial charge on any atom is -0.389 e. The first-order chi connectivity index (χ1) is 14.2. The van der Waals surface area contributed by atoms with Crippen LogP contribution in [0.3, 0.4) is 0 Å². The monoisotopic (exact) mass is 445 g/mol. The van der Waals surface area contributed by atoms with Crippen LogP contribution in [-0.4, -0.2) is 44.7 Å². The van der Waals surface area contributed by atoms with Gasteiger partial charge in [0, 0.05) is 24.5 Å². The van der Waals surface area contributed by atoms with Crippen LogP contribution in [0.15, 0.2) is 40.4 Å². The summed E-state index contributed by atoms with van der Waals surface area (Å²) < 4.78 is 66.7. The Morgan fingerprint density at radius 2 is 1.77 bits per heavy atom. The largest absolute Gasteiger partial charge is 0.435 e. The van der Waals surface area contributed by atoms with E-state index in [0.29, 0.717) is 6.07 Å². The van der Waals surface area contributed by atoms with Crippen molar-refractivity contribution in [1.29, 1.82) is 0 Å². The van der Waals surface area contributed by atoms with Gasteiger partial charge in [0.05, 0.1) is 5.60 Å². The van der Waals surface area contributed by atoms with Crippen LogP contribution in [0.1, 0.15) is 26.5 Å². The summed E-state index contributed by atoms with van der Waals surface area (Å²) in [4.78, 5) is 8.53. The number of hydrogen-bond acceptors (Lipinski definition) is 7. The fourth-order valence-electron chi connectivity index (χ4n) is 2.60. The number of guanidine groups is 1. The lowest BCUT2D eigenvalue weighted by molar-refractivity contribution is -0.141. The van der Waals surface area contributed by atoms with Crippen molar-refractivity contribution in [3.8, 4) is 0 Å². The number of hydrogen-bond donors (Lipinski definition) is 4. The minimum atomic E-state index is -4.66. The standard InChI is InChI=1S/C18H20F5N7O/c1-16(2,31)9-24-17(3)27-14(25-12-7-10(19)6-11(20)8-12)26-15(28-17)30-5-4-13(29-30)18(21,22)23/h4-8,24,31H,9H2,1-3H3,(H2,25,26,27,28). The van der Waals surface area contributed by atoms with Crippen molar-refractivity contribution >= 4 is 17.6 Å². The van der Waals surface area contributed by atoms with Crippen molar-refractivity contribution in [2.75, 3.05) is 11.9 Å². The molecule has 3 rings (SSSR count). The van der Waals surface area contributed by atoms with Gasteiger partial charge >= 0.3 is 6.18 Å². The van der Waals surface area contributed by atoms with E-state index in [1.54, 1.807) is 0 Å². The van der Waals surface area contributed by atoms with Gasteiger partial charge in [-0.15, -0.1) is 0 Å². The van der Waals surface area contributed by atoms with E-state index in [1.165, 1.54) is 20.8 Å². The predicted molar refractivity (Wildman–Crippen MR) is 103 cm³/mol. The van der Waals surface area contributed by atoms with Gasteiger partial charge in [-0.3, -0.25) is 10.6 Å². The predicted octanol–water partition coefficient (Wildman–Crippen LogP) is 2.49. The first kappa shape index (κ1) is 22.6. The highest BCUT2D eigenvalue weighted by Crippen LogP contribution is 2.27. The third-order valence-electron chi connectivity index (χ3n) is 3.96. The molecule has 0 radical (unpaired) electrons. The van der Waals surface area contributed by atoms with E-state index in [0.717, 1.165) is 29.1 Å². The molecule has 1 aliphatic heterocycles. The summed E-state index contributed by atoms with van der Waals surface area (Å²) in [6.07, 6.45) is -3.60. The summed E-state index contributed by atoms with van der Waals surface area (Å²) in [5, 5.41) is 21.7. The molecule has 31 heavy (non-hydrogen) atoms. The molecule has 168 valence electrons. The Bertz CT molecular complexity index is 1000. The third kappa shape index (κ3) is 5.98. The second-order valence-electron chi connectivity index (χ2n) is 7.63. The van der Waals surface area contributed by atoms with Crippen LogP contribution in [0.5, 0.6) is 0 Å². The molecule has 2 heterocycles. The fourth-order valence-corrected chi connectivity index (χ4v) is 2.60. The Morgan fingerprint density at radius 1 is 1.13 bits per heavy atom. The van der Waals surface area contributed by atoms with Gasteiger partial charge in [0.25, 0.3) is 0 Å². The topological polar surface area (TPSA) is 98.9 Å². The van der Waals surface area contributed by atoms with E-state index < -0.39 is 34.9 Å². The second kappa shape index (κ2) is 7.89.